The van der Waals surface area contributed by atoms with E-state index in [1.807, 2.05) is 0 Å². The summed E-state index contributed by atoms with van der Waals surface area (Å²) >= 11 is 1.11. The Hall–Kier alpha value is -2.29. The number of aliphatic imine (C=N–C) groups is 1. The fourth-order valence-electron chi connectivity index (χ4n) is 1.93. The number of rotatable bonds is 1. The molecule has 1 aromatic rings. The van der Waals surface area contributed by atoms with Crippen LogP contribution in [0.2, 0.25) is 0 Å². The molecule has 1 saturated heterocycles. The summed E-state index contributed by atoms with van der Waals surface area (Å²) in [6.45, 7) is 4.08. The highest BCUT2D eigenvalue weighted by Crippen LogP contribution is 2.44. The molecule has 110 valence electrons. The van der Waals surface area contributed by atoms with Crippen LogP contribution < -0.4 is 14.4 Å². The average molecular weight is 314 g/mol. The van der Waals surface area contributed by atoms with Crippen LogP contribution in [0.15, 0.2) is 34.7 Å². The maximum atomic E-state index is 13.0. The van der Waals surface area contributed by atoms with Gasteiger partial charge in [0.25, 0.3) is 0 Å². The van der Waals surface area contributed by atoms with E-state index in [9.17, 15) is 13.6 Å². The minimum atomic E-state index is -3.69. The van der Waals surface area contributed by atoms with Gasteiger partial charge in [0.1, 0.15) is 0 Å². The third-order valence-corrected chi connectivity index (χ3v) is 3.60. The van der Waals surface area contributed by atoms with Crippen molar-refractivity contribution in [2.75, 3.05) is 11.4 Å². The van der Waals surface area contributed by atoms with E-state index in [0.717, 1.165) is 11.8 Å². The predicted molar refractivity (Wildman–Crippen MR) is 72.2 cm³/mol. The van der Waals surface area contributed by atoms with Crippen molar-refractivity contribution >= 4 is 28.7 Å². The van der Waals surface area contributed by atoms with Crippen molar-refractivity contribution < 1.29 is 28.2 Å². The highest BCUT2D eigenvalue weighted by Gasteiger charge is 2.43. The summed E-state index contributed by atoms with van der Waals surface area (Å²) in [4.78, 5) is 16.4. The molecule has 6 nitrogen and oxygen atoms in total. The normalized spacial score (nSPS) is 21.1. The molecule has 0 atom stereocenters. The molecule has 0 spiro atoms. The van der Waals surface area contributed by atoms with Gasteiger partial charge in [0.2, 0.25) is 0 Å². The fourth-order valence-corrected chi connectivity index (χ4v) is 2.79. The van der Waals surface area contributed by atoms with Crippen LogP contribution in [-0.2, 0) is 0 Å². The molecule has 3 rings (SSSR count). The Kier molecular flexibility index (Phi) is 3.01. The molecule has 9 heteroatoms. The molecule has 1 fully saturated rings. The van der Waals surface area contributed by atoms with Crippen LogP contribution in [-0.4, -0.2) is 29.2 Å². The number of thioether (sulfide) groups is 1. The lowest BCUT2D eigenvalue weighted by Gasteiger charge is -2.17. The summed E-state index contributed by atoms with van der Waals surface area (Å²) in [6, 6.07) is 4.18. The second kappa shape index (κ2) is 4.62. The van der Waals surface area contributed by atoms with E-state index in [2.05, 4.69) is 21.0 Å². The number of carbonyl (C=O) groups is 1. The van der Waals surface area contributed by atoms with E-state index < -0.39 is 12.4 Å². The molecule has 0 aromatic heterocycles. The van der Waals surface area contributed by atoms with Crippen LogP contribution in [0.5, 0.6) is 11.5 Å². The maximum Gasteiger partial charge on any atom is 0.586 e. The first-order chi connectivity index (χ1) is 9.84. The number of fused-ring (bicyclic) bond motifs is 1. The van der Waals surface area contributed by atoms with E-state index in [-0.39, 0.29) is 16.7 Å². The van der Waals surface area contributed by atoms with Crippen LogP contribution in [0.25, 0.3) is 0 Å². The monoisotopic (exact) mass is 314 g/mol. The fraction of sp³-hybridized carbons (Fsp3) is 0.167. The van der Waals surface area contributed by atoms with Crippen LogP contribution >= 0.6 is 11.8 Å². The number of amides is 1. The summed E-state index contributed by atoms with van der Waals surface area (Å²) in [7, 11) is 0. The molecule has 0 unspecified atom stereocenters. The molecule has 1 amide bonds. The number of carboxylic acid groups (broad SMARTS) is 1. The van der Waals surface area contributed by atoms with Gasteiger partial charge in [-0.25, -0.2) is 4.79 Å². The second-order valence-corrected chi connectivity index (χ2v) is 5.35. The molecule has 1 N–H and O–H groups in total. The lowest BCUT2D eigenvalue weighted by Crippen LogP contribution is -2.26. The van der Waals surface area contributed by atoms with Crippen molar-refractivity contribution in [1.29, 1.82) is 0 Å². The summed E-state index contributed by atoms with van der Waals surface area (Å²) in [5.74, 6) is -0.194. The smallest absolute Gasteiger partial charge is 0.463 e. The third-order valence-electron chi connectivity index (χ3n) is 2.69. The predicted octanol–water partition coefficient (Wildman–Crippen LogP) is 3.11. The first-order valence-electron chi connectivity index (χ1n) is 5.69. The number of amidine groups is 1. The SMILES string of the molecule is C=C1CN(c2ccc3c(c2)OC(F)(F)O3)/C(=N/C(=O)O)S1. The number of alkyl halides is 2. The average Bonchev–Trinajstić information content (AvgIpc) is 2.85. The van der Waals surface area contributed by atoms with Gasteiger partial charge in [0, 0.05) is 16.7 Å². The van der Waals surface area contributed by atoms with Gasteiger partial charge in [-0.3, -0.25) is 0 Å². The number of hydrogen-bond acceptors (Lipinski definition) is 4. The van der Waals surface area contributed by atoms with Gasteiger partial charge in [-0.2, -0.15) is 4.99 Å². The zero-order chi connectivity index (χ0) is 15.2. The van der Waals surface area contributed by atoms with Crippen LogP contribution in [0.3, 0.4) is 0 Å². The van der Waals surface area contributed by atoms with Gasteiger partial charge in [-0.15, -0.1) is 8.78 Å². The Bertz CT molecular complexity index is 677. The number of anilines is 1. The standard InChI is InChI=1S/C12H8F2N2O4S/c1-6-5-16(10(21-6)15-11(17)18)7-2-3-8-9(4-7)20-12(13,14)19-8/h2-4H,1,5H2,(H,17,18)/b15-10-. The molecule has 0 bridgehead atoms. The quantitative estimate of drug-likeness (QED) is 0.859. The topological polar surface area (TPSA) is 71.4 Å². The van der Waals surface area contributed by atoms with Crippen molar-refractivity contribution in [1.82, 2.24) is 0 Å². The number of benzene rings is 1. The number of halogens is 2. The third kappa shape index (κ3) is 2.64. The highest BCUT2D eigenvalue weighted by molar-refractivity contribution is 8.18. The lowest BCUT2D eigenvalue weighted by molar-refractivity contribution is -0.286. The summed E-state index contributed by atoms with van der Waals surface area (Å²) in [5, 5.41) is 8.95. The van der Waals surface area contributed by atoms with Gasteiger partial charge in [0.15, 0.2) is 16.7 Å². The highest BCUT2D eigenvalue weighted by atomic mass is 32.2. The van der Waals surface area contributed by atoms with Crippen LogP contribution in [0.4, 0.5) is 19.3 Å². The van der Waals surface area contributed by atoms with Gasteiger partial charge in [-0.1, -0.05) is 18.3 Å². The van der Waals surface area contributed by atoms with E-state index in [0.29, 0.717) is 17.1 Å². The van der Waals surface area contributed by atoms with Crippen molar-refractivity contribution in [3.05, 3.63) is 29.7 Å². The van der Waals surface area contributed by atoms with Crippen molar-refractivity contribution in [3.63, 3.8) is 0 Å². The van der Waals surface area contributed by atoms with Crippen molar-refractivity contribution in [3.8, 4) is 11.5 Å². The molecule has 1 aromatic carbocycles. The van der Waals surface area contributed by atoms with E-state index in [1.165, 1.54) is 18.2 Å². The molecule has 2 aliphatic rings. The molecule has 2 aliphatic heterocycles. The molecular formula is C12H8F2N2O4S. The lowest BCUT2D eigenvalue weighted by atomic mass is 10.2. The van der Waals surface area contributed by atoms with Gasteiger partial charge in [-0.05, 0) is 12.1 Å². The number of hydrogen-bond donors (Lipinski definition) is 1. The largest absolute Gasteiger partial charge is 0.586 e. The van der Waals surface area contributed by atoms with E-state index >= 15 is 0 Å². The minimum absolute atomic E-state index is 0.0776. The Labute approximate surface area is 121 Å². The number of nitrogens with zero attached hydrogens (tertiary/aromatic N) is 2. The Morgan fingerprint density at radius 3 is 2.86 bits per heavy atom. The first-order valence-corrected chi connectivity index (χ1v) is 6.50. The van der Waals surface area contributed by atoms with E-state index in [1.54, 1.807) is 4.90 Å². The summed E-state index contributed by atoms with van der Waals surface area (Å²) in [6.07, 6.45) is -5.04. The van der Waals surface area contributed by atoms with Gasteiger partial charge < -0.3 is 19.5 Å². The van der Waals surface area contributed by atoms with Crippen LogP contribution in [0.1, 0.15) is 0 Å². The summed E-state index contributed by atoms with van der Waals surface area (Å²) in [5.41, 5.74) is 0.459. The van der Waals surface area contributed by atoms with Crippen molar-refractivity contribution in [2.24, 2.45) is 4.99 Å². The Morgan fingerprint density at radius 1 is 1.43 bits per heavy atom. The number of ether oxygens (including phenoxy) is 2. The molecule has 2 heterocycles. The first kappa shape index (κ1) is 13.7. The molecule has 21 heavy (non-hydrogen) atoms. The van der Waals surface area contributed by atoms with Gasteiger partial charge >= 0.3 is 12.4 Å². The summed E-state index contributed by atoms with van der Waals surface area (Å²) < 4.78 is 34.6. The Morgan fingerprint density at radius 2 is 2.14 bits per heavy atom. The molecule has 0 aliphatic carbocycles. The minimum Gasteiger partial charge on any atom is -0.463 e. The molecular weight excluding hydrogens is 306 g/mol. The zero-order valence-electron chi connectivity index (χ0n) is 10.4. The van der Waals surface area contributed by atoms with E-state index in [4.69, 9.17) is 5.11 Å². The zero-order valence-corrected chi connectivity index (χ0v) is 11.2. The second-order valence-electron chi connectivity index (χ2n) is 4.20. The Balaban J connectivity index is 1.94. The van der Waals surface area contributed by atoms with Crippen molar-refractivity contribution in [2.45, 2.75) is 6.29 Å². The van der Waals surface area contributed by atoms with Crippen LogP contribution in [0, 0.1) is 0 Å². The maximum absolute atomic E-state index is 13.0. The van der Waals surface area contributed by atoms with Gasteiger partial charge in [0.05, 0.1) is 6.54 Å². The molecule has 0 radical (unpaired) electrons. The molecule has 0 saturated carbocycles.